The number of carbonyl (C=O) groups excluding carboxylic acids is 2. The summed E-state index contributed by atoms with van der Waals surface area (Å²) in [4.78, 5) is 24.7. The molecule has 0 radical (unpaired) electrons. The molecular weight excluding hydrogens is 344 g/mol. The molecule has 0 aliphatic heterocycles. The second-order valence-corrected chi connectivity index (χ2v) is 6.71. The van der Waals surface area contributed by atoms with Crippen LogP contribution in [0.4, 0.5) is 0 Å². The predicted octanol–water partition coefficient (Wildman–Crippen LogP) is 3.85. The van der Waals surface area contributed by atoms with Gasteiger partial charge in [0.25, 0.3) is 5.91 Å². The number of amides is 2. The zero-order valence-corrected chi connectivity index (χ0v) is 14.9. The minimum Gasteiger partial charge on any atom is -0.273 e. The van der Waals surface area contributed by atoms with Crippen LogP contribution in [0.25, 0.3) is 0 Å². The summed E-state index contributed by atoms with van der Waals surface area (Å²) in [5.41, 5.74) is 6.54. The molecule has 0 fully saturated rings. The summed E-state index contributed by atoms with van der Waals surface area (Å²) in [5, 5.41) is 0.687. The molecule has 0 saturated heterocycles. The molecule has 4 nitrogen and oxygen atoms in total. The van der Waals surface area contributed by atoms with Crippen molar-refractivity contribution >= 4 is 35.2 Å². The minimum atomic E-state index is -0.323. The van der Waals surface area contributed by atoms with Gasteiger partial charge in [0, 0.05) is 27.7 Å². The Morgan fingerprint density at radius 1 is 1.00 bits per heavy atom. The van der Waals surface area contributed by atoms with Gasteiger partial charge in [-0.3, -0.25) is 20.4 Å². The molecule has 0 bridgehead atoms. The van der Waals surface area contributed by atoms with Crippen LogP contribution in [0.3, 0.4) is 0 Å². The second kappa shape index (κ2) is 9.35. The first-order valence-corrected chi connectivity index (χ1v) is 9.01. The van der Waals surface area contributed by atoms with E-state index in [-0.39, 0.29) is 11.8 Å². The highest BCUT2D eigenvalue weighted by Gasteiger charge is 2.07. The van der Waals surface area contributed by atoms with Crippen molar-refractivity contribution in [2.75, 3.05) is 5.75 Å². The van der Waals surface area contributed by atoms with E-state index in [4.69, 9.17) is 11.6 Å². The Morgan fingerprint density at radius 2 is 1.67 bits per heavy atom. The van der Waals surface area contributed by atoms with Crippen molar-refractivity contribution in [3.8, 4) is 0 Å². The molecule has 0 spiro atoms. The number of aryl methyl sites for hydroxylation is 1. The SMILES string of the molecule is CCc1ccc(C(=O)NNC(=O)CCSc2ccc(Cl)cc2)cc1. The number of rotatable bonds is 6. The third-order valence-electron chi connectivity index (χ3n) is 3.35. The predicted molar refractivity (Wildman–Crippen MR) is 98.2 cm³/mol. The monoisotopic (exact) mass is 362 g/mol. The summed E-state index contributed by atoms with van der Waals surface area (Å²) in [6, 6.07) is 14.7. The number of hydrogen-bond acceptors (Lipinski definition) is 3. The lowest BCUT2D eigenvalue weighted by Crippen LogP contribution is -2.41. The maximum Gasteiger partial charge on any atom is 0.269 e. The van der Waals surface area contributed by atoms with Crippen molar-refractivity contribution in [2.45, 2.75) is 24.7 Å². The molecule has 2 rings (SSSR count). The normalized spacial score (nSPS) is 10.2. The van der Waals surface area contributed by atoms with E-state index < -0.39 is 0 Å². The molecule has 0 heterocycles. The summed E-state index contributed by atoms with van der Waals surface area (Å²) in [6.45, 7) is 2.05. The molecule has 2 N–H and O–H groups in total. The van der Waals surface area contributed by atoms with Crippen LogP contribution >= 0.6 is 23.4 Å². The van der Waals surface area contributed by atoms with Crippen molar-refractivity contribution in [1.29, 1.82) is 0 Å². The maximum absolute atomic E-state index is 11.9. The van der Waals surface area contributed by atoms with Gasteiger partial charge in [0.05, 0.1) is 0 Å². The van der Waals surface area contributed by atoms with Crippen LogP contribution in [0.15, 0.2) is 53.4 Å². The van der Waals surface area contributed by atoms with Gasteiger partial charge in [-0.1, -0.05) is 30.7 Å². The van der Waals surface area contributed by atoms with E-state index >= 15 is 0 Å². The van der Waals surface area contributed by atoms with Crippen molar-refractivity contribution in [2.24, 2.45) is 0 Å². The Hall–Kier alpha value is -1.98. The molecule has 0 aliphatic rings. The molecule has 0 aromatic heterocycles. The van der Waals surface area contributed by atoms with Crippen LogP contribution < -0.4 is 10.9 Å². The highest BCUT2D eigenvalue weighted by atomic mass is 35.5. The van der Waals surface area contributed by atoms with Crippen molar-refractivity contribution in [3.63, 3.8) is 0 Å². The standard InChI is InChI=1S/C18H19ClN2O2S/c1-2-13-3-5-14(6-4-13)18(23)21-20-17(22)11-12-24-16-9-7-15(19)8-10-16/h3-10H,2,11-12H2,1H3,(H,20,22)(H,21,23). The first kappa shape index (κ1) is 18.4. The fourth-order valence-electron chi connectivity index (χ4n) is 1.95. The Morgan fingerprint density at radius 3 is 2.29 bits per heavy atom. The first-order valence-electron chi connectivity index (χ1n) is 7.65. The third-order valence-corrected chi connectivity index (χ3v) is 4.62. The minimum absolute atomic E-state index is 0.227. The van der Waals surface area contributed by atoms with Crippen molar-refractivity contribution in [3.05, 3.63) is 64.7 Å². The molecule has 0 atom stereocenters. The van der Waals surface area contributed by atoms with Gasteiger partial charge >= 0.3 is 0 Å². The van der Waals surface area contributed by atoms with E-state index in [0.29, 0.717) is 22.8 Å². The van der Waals surface area contributed by atoms with E-state index in [2.05, 4.69) is 17.8 Å². The Kier molecular flexibility index (Phi) is 7.15. The lowest BCUT2D eigenvalue weighted by atomic mass is 10.1. The topological polar surface area (TPSA) is 58.2 Å². The molecule has 2 aromatic rings. The van der Waals surface area contributed by atoms with E-state index in [1.807, 2.05) is 36.4 Å². The lowest BCUT2D eigenvalue weighted by Gasteiger charge is -2.08. The molecule has 2 amide bonds. The molecular formula is C18H19ClN2O2S. The Bertz CT molecular complexity index is 687. The van der Waals surface area contributed by atoms with Gasteiger partial charge in [-0.05, 0) is 48.4 Å². The van der Waals surface area contributed by atoms with Gasteiger partial charge in [-0.15, -0.1) is 11.8 Å². The molecule has 0 saturated carbocycles. The van der Waals surface area contributed by atoms with Crippen LogP contribution in [-0.4, -0.2) is 17.6 Å². The van der Waals surface area contributed by atoms with E-state index in [9.17, 15) is 9.59 Å². The highest BCUT2D eigenvalue weighted by Crippen LogP contribution is 2.20. The highest BCUT2D eigenvalue weighted by molar-refractivity contribution is 7.99. The van der Waals surface area contributed by atoms with Crippen molar-refractivity contribution in [1.82, 2.24) is 10.9 Å². The van der Waals surface area contributed by atoms with Crippen LogP contribution in [0, 0.1) is 0 Å². The van der Waals surface area contributed by atoms with Gasteiger partial charge < -0.3 is 0 Å². The third kappa shape index (κ3) is 5.91. The molecule has 24 heavy (non-hydrogen) atoms. The largest absolute Gasteiger partial charge is 0.273 e. The van der Waals surface area contributed by atoms with Crippen LogP contribution in [0.2, 0.25) is 5.02 Å². The number of carbonyl (C=O) groups is 2. The maximum atomic E-state index is 11.9. The average molecular weight is 363 g/mol. The Balaban J connectivity index is 1.70. The molecule has 6 heteroatoms. The molecule has 2 aromatic carbocycles. The van der Waals surface area contributed by atoms with Gasteiger partial charge in [0.1, 0.15) is 0 Å². The summed E-state index contributed by atoms with van der Waals surface area (Å²) in [7, 11) is 0. The van der Waals surface area contributed by atoms with Gasteiger partial charge in [0.15, 0.2) is 0 Å². The number of hydrazine groups is 1. The van der Waals surface area contributed by atoms with Gasteiger partial charge in [0.2, 0.25) is 5.91 Å². The number of hydrogen-bond donors (Lipinski definition) is 2. The first-order chi connectivity index (χ1) is 11.6. The quantitative estimate of drug-likeness (QED) is 0.606. The molecule has 126 valence electrons. The van der Waals surface area contributed by atoms with E-state index in [0.717, 1.165) is 16.9 Å². The summed E-state index contributed by atoms with van der Waals surface area (Å²) in [6.07, 6.45) is 1.23. The summed E-state index contributed by atoms with van der Waals surface area (Å²) >= 11 is 7.38. The zero-order chi connectivity index (χ0) is 17.4. The zero-order valence-electron chi connectivity index (χ0n) is 13.3. The summed E-state index contributed by atoms with van der Waals surface area (Å²) < 4.78 is 0. The molecule has 0 unspecified atom stereocenters. The van der Waals surface area contributed by atoms with Crippen LogP contribution in [0.1, 0.15) is 29.3 Å². The fourth-order valence-corrected chi connectivity index (χ4v) is 2.92. The second-order valence-electron chi connectivity index (χ2n) is 5.11. The smallest absolute Gasteiger partial charge is 0.269 e. The average Bonchev–Trinajstić information content (AvgIpc) is 2.61. The number of halogens is 1. The van der Waals surface area contributed by atoms with Gasteiger partial charge in [-0.25, -0.2) is 0 Å². The van der Waals surface area contributed by atoms with E-state index in [1.165, 1.54) is 0 Å². The van der Waals surface area contributed by atoms with E-state index in [1.54, 1.807) is 23.9 Å². The number of benzene rings is 2. The van der Waals surface area contributed by atoms with Gasteiger partial charge in [-0.2, -0.15) is 0 Å². The number of thioether (sulfide) groups is 1. The Labute approximate surface area is 150 Å². The molecule has 0 aliphatic carbocycles. The lowest BCUT2D eigenvalue weighted by molar-refractivity contribution is -0.121. The fraction of sp³-hybridized carbons (Fsp3) is 0.222. The van der Waals surface area contributed by atoms with Crippen molar-refractivity contribution < 1.29 is 9.59 Å². The number of nitrogens with one attached hydrogen (secondary N) is 2. The van der Waals surface area contributed by atoms with Crippen LogP contribution in [0.5, 0.6) is 0 Å². The van der Waals surface area contributed by atoms with Crippen LogP contribution in [-0.2, 0) is 11.2 Å². The summed E-state index contributed by atoms with van der Waals surface area (Å²) in [5.74, 6) is 0.0699.